The Hall–Kier alpha value is -2.76. The van der Waals surface area contributed by atoms with E-state index in [2.05, 4.69) is 0 Å². The Morgan fingerprint density at radius 1 is 1.11 bits per heavy atom. The molecule has 0 saturated carbocycles. The van der Waals surface area contributed by atoms with Gasteiger partial charge in [0.25, 0.3) is 0 Å². The summed E-state index contributed by atoms with van der Waals surface area (Å²) in [6, 6.07) is 10.2. The molecule has 142 valence electrons. The molecule has 0 aliphatic carbocycles. The van der Waals surface area contributed by atoms with E-state index >= 15 is 0 Å². The van der Waals surface area contributed by atoms with Crippen molar-refractivity contribution in [1.29, 1.82) is 0 Å². The minimum atomic E-state index is -0.712. The van der Waals surface area contributed by atoms with Gasteiger partial charge in [-0.2, -0.15) is 0 Å². The summed E-state index contributed by atoms with van der Waals surface area (Å²) >= 11 is 0. The van der Waals surface area contributed by atoms with Gasteiger partial charge in [-0.15, -0.1) is 0 Å². The lowest BCUT2D eigenvalue weighted by molar-refractivity contribution is -0.131. The first-order valence-corrected chi connectivity index (χ1v) is 8.88. The summed E-state index contributed by atoms with van der Waals surface area (Å²) in [4.78, 5) is 26.8. The fraction of sp³-hybridized carbons (Fsp3) is 0.333. The Kier molecular flexibility index (Phi) is 5.84. The third-order valence-corrected chi connectivity index (χ3v) is 4.95. The number of rotatable bonds is 5. The minimum absolute atomic E-state index is 0.0395. The van der Waals surface area contributed by atoms with Crippen molar-refractivity contribution in [3.8, 4) is 5.75 Å². The van der Waals surface area contributed by atoms with E-state index in [9.17, 15) is 18.4 Å². The van der Waals surface area contributed by atoms with Gasteiger partial charge in [-0.1, -0.05) is 18.2 Å². The quantitative estimate of drug-likeness (QED) is 0.752. The molecule has 3 rings (SSSR count). The molecule has 0 N–H and O–H groups in total. The summed E-state index contributed by atoms with van der Waals surface area (Å²) in [7, 11) is 1.56. The number of carbonyl (C=O) groups is 2. The molecule has 1 aliphatic heterocycles. The maximum absolute atomic E-state index is 13.8. The van der Waals surface area contributed by atoms with E-state index in [1.165, 1.54) is 0 Å². The maximum atomic E-state index is 13.8. The van der Waals surface area contributed by atoms with Gasteiger partial charge in [0.1, 0.15) is 17.4 Å². The number of hydrogen-bond acceptors (Lipinski definition) is 3. The van der Waals surface area contributed by atoms with Gasteiger partial charge in [0.2, 0.25) is 5.91 Å². The molecule has 1 fully saturated rings. The smallest absolute Gasteiger partial charge is 0.227 e. The zero-order valence-electron chi connectivity index (χ0n) is 15.1. The second-order valence-corrected chi connectivity index (χ2v) is 6.63. The zero-order valence-corrected chi connectivity index (χ0v) is 15.1. The Morgan fingerprint density at radius 3 is 2.52 bits per heavy atom. The molecule has 2 aromatic carbocycles. The van der Waals surface area contributed by atoms with Crippen LogP contribution in [0.3, 0.4) is 0 Å². The Morgan fingerprint density at radius 2 is 1.81 bits per heavy atom. The van der Waals surface area contributed by atoms with Gasteiger partial charge < -0.3 is 9.64 Å². The van der Waals surface area contributed by atoms with Crippen LogP contribution in [0.25, 0.3) is 0 Å². The first-order valence-electron chi connectivity index (χ1n) is 8.88. The molecule has 0 aromatic heterocycles. The Bertz CT molecular complexity index is 845. The largest absolute Gasteiger partial charge is 0.496 e. The van der Waals surface area contributed by atoms with Crippen molar-refractivity contribution >= 4 is 11.7 Å². The second-order valence-electron chi connectivity index (χ2n) is 6.63. The molecule has 0 spiro atoms. The first kappa shape index (κ1) is 19.0. The first-order chi connectivity index (χ1) is 13.0. The summed E-state index contributed by atoms with van der Waals surface area (Å²) in [5, 5.41) is 0. The fourth-order valence-corrected chi connectivity index (χ4v) is 3.42. The molecule has 0 radical (unpaired) electrons. The number of nitrogens with zero attached hydrogens (tertiary/aromatic N) is 1. The highest BCUT2D eigenvalue weighted by molar-refractivity contribution is 5.98. The van der Waals surface area contributed by atoms with Crippen molar-refractivity contribution in [3.63, 3.8) is 0 Å². The number of hydrogen-bond donors (Lipinski definition) is 0. The number of amides is 1. The van der Waals surface area contributed by atoms with Crippen LogP contribution in [0.1, 0.15) is 28.8 Å². The molecule has 1 heterocycles. The van der Waals surface area contributed by atoms with Crippen LogP contribution in [0, 0.1) is 17.6 Å². The summed E-state index contributed by atoms with van der Waals surface area (Å²) in [5.41, 5.74) is 0.596. The number of para-hydroxylation sites is 1. The van der Waals surface area contributed by atoms with Crippen molar-refractivity contribution < 1.29 is 23.1 Å². The minimum Gasteiger partial charge on any atom is -0.496 e. The highest BCUT2D eigenvalue weighted by Gasteiger charge is 2.29. The predicted molar refractivity (Wildman–Crippen MR) is 96.7 cm³/mol. The molecule has 0 atom stereocenters. The molecule has 2 aromatic rings. The molecular formula is C21H21F2NO3. The van der Waals surface area contributed by atoms with Crippen LogP contribution in [-0.2, 0) is 11.2 Å². The van der Waals surface area contributed by atoms with Crippen LogP contribution in [0.4, 0.5) is 8.78 Å². The summed E-state index contributed by atoms with van der Waals surface area (Å²) in [6.45, 7) is 0.836. The Balaban J connectivity index is 1.60. The van der Waals surface area contributed by atoms with Gasteiger partial charge in [0.05, 0.1) is 19.1 Å². The molecule has 1 aliphatic rings. The summed E-state index contributed by atoms with van der Waals surface area (Å²) in [5.74, 6) is -1.53. The van der Waals surface area contributed by atoms with Crippen LogP contribution < -0.4 is 4.74 Å². The number of Topliss-reactive ketones (excluding diaryl/α,β-unsaturated/α-hetero) is 1. The summed E-state index contributed by atoms with van der Waals surface area (Å²) in [6.07, 6.45) is 1.10. The summed E-state index contributed by atoms with van der Waals surface area (Å²) < 4.78 is 32.4. The number of ketones is 1. The third-order valence-electron chi connectivity index (χ3n) is 4.95. The Labute approximate surface area is 156 Å². The van der Waals surface area contributed by atoms with E-state index in [0.29, 0.717) is 31.7 Å². The highest BCUT2D eigenvalue weighted by atomic mass is 19.1. The molecule has 27 heavy (non-hydrogen) atoms. The van der Waals surface area contributed by atoms with Crippen LogP contribution in [-0.4, -0.2) is 36.8 Å². The fourth-order valence-electron chi connectivity index (χ4n) is 3.42. The lowest BCUT2D eigenvalue weighted by Gasteiger charge is -2.31. The van der Waals surface area contributed by atoms with Crippen molar-refractivity contribution in [3.05, 3.63) is 65.2 Å². The molecule has 1 amide bonds. The molecule has 0 bridgehead atoms. The highest BCUT2D eigenvalue weighted by Crippen LogP contribution is 2.25. The monoisotopic (exact) mass is 373 g/mol. The van der Waals surface area contributed by atoms with Crippen molar-refractivity contribution in [2.45, 2.75) is 19.3 Å². The van der Waals surface area contributed by atoms with Crippen molar-refractivity contribution in [1.82, 2.24) is 4.90 Å². The van der Waals surface area contributed by atoms with Crippen LogP contribution in [0.2, 0.25) is 0 Å². The van der Waals surface area contributed by atoms with Crippen molar-refractivity contribution in [2.75, 3.05) is 20.2 Å². The normalized spacial score (nSPS) is 14.9. The molecular weight excluding hydrogens is 352 g/mol. The number of likely N-dealkylation sites (tertiary alicyclic amines) is 1. The SMILES string of the molecule is COc1ccccc1CC(=O)N1CCC(C(=O)c2cc(F)ccc2F)CC1. The van der Waals surface area contributed by atoms with Gasteiger partial charge in [-0.05, 0) is 37.1 Å². The standard InChI is InChI=1S/C21H21F2NO3/c1-27-19-5-3-2-4-15(19)12-20(25)24-10-8-14(9-11-24)21(26)17-13-16(22)6-7-18(17)23/h2-7,13-14H,8-12H2,1H3. The molecule has 0 unspecified atom stereocenters. The van der Waals surface area contributed by atoms with E-state index < -0.39 is 23.3 Å². The van der Waals surface area contributed by atoms with Gasteiger partial charge in [-0.25, -0.2) is 8.78 Å². The molecule has 4 nitrogen and oxygen atoms in total. The van der Waals surface area contributed by atoms with Crippen molar-refractivity contribution in [2.24, 2.45) is 5.92 Å². The lowest BCUT2D eigenvalue weighted by Crippen LogP contribution is -2.41. The van der Waals surface area contributed by atoms with Crippen LogP contribution in [0.15, 0.2) is 42.5 Å². The number of carbonyl (C=O) groups excluding carboxylic acids is 2. The topological polar surface area (TPSA) is 46.6 Å². The zero-order chi connectivity index (χ0) is 19.4. The van der Waals surface area contributed by atoms with E-state index in [1.54, 1.807) is 18.1 Å². The van der Waals surface area contributed by atoms with Crippen LogP contribution >= 0.6 is 0 Å². The van der Waals surface area contributed by atoms with E-state index in [4.69, 9.17) is 4.74 Å². The molecule has 1 saturated heterocycles. The van der Waals surface area contributed by atoms with Gasteiger partial charge >= 0.3 is 0 Å². The lowest BCUT2D eigenvalue weighted by atomic mass is 9.88. The number of piperidine rings is 1. The van der Waals surface area contributed by atoms with Crippen LogP contribution in [0.5, 0.6) is 5.75 Å². The number of methoxy groups -OCH3 is 1. The maximum Gasteiger partial charge on any atom is 0.227 e. The second kappa shape index (κ2) is 8.29. The third kappa shape index (κ3) is 4.32. The number of benzene rings is 2. The van der Waals surface area contributed by atoms with E-state index in [1.807, 2.05) is 18.2 Å². The predicted octanol–water partition coefficient (Wildman–Crippen LogP) is 3.64. The average Bonchev–Trinajstić information content (AvgIpc) is 2.69. The number of halogens is 2. The molecule has 6 heteroatoms. The average molecular weight is 373 g/mol. The van der Waals surface area contributed by atoms with E-state index in [0.717, 1.165) is 23.8 Å². The van der Waals surface area contributed by atoms with E-state index in [-0.39, 0.29) is 17.9 Å². The number of ether oxygens (including phenoxy) is 1. The van der Waals surface area contributed by atoms with Gasteiger partial charge in [0, 0.05) is 24.6 Å². The van der Waals surface area contributed by atoms with Gasteiger partial charge in [-0.3, -0.25) is 9.59 Å². The van der Waals surface area contributed by atoms with Gasteiger partial charge in [0.15, 0.2) is 5.78 Å².